The van der Waals surface area contributed by atoms with Crippen LogP contribution in [0.5, 0.6) is 0 Å². The fraction of sp³-hybridized carbons (Fsp3) is 0.800. The zero-order chi connectivity index (χ0) is 12.6. The van der Waals surface area contributed by atoms with E-state index in [0.717, 1.165) is 0 Å². The SMILES string of the molecule is CCC(C)(NC(=O)COCCOC)C(=O)O. The summed E-state index contributed by atoms with van der Waals surface area (Å²) in [6.45, 7) is 3.70. The lowest BCUT2D eigenvalue weighted by Gasteiger charge is -2.24. The lowest BCUT2D eigenvalue weighted by atomic mass is 9.99. The Bertz CT molecular complexity index is 243. The van der Waals surface area contributed by atoms with Gasteiger partial charge < -0.3 is 19.9 Å². The third kappa shape index (κ3) is 5.09. The van der Waals surface area contributed by atoms with Gasteiger partial charge in [0.25, 0.3) is 0 Å². The number of carboxylic acid groups (broad SMARTS) is 1. The van der Waals surface area contributed by atoms with Crippen LogP contribution in [-0.2, 0) is 19.1 Å². The summed E-state index contributed by atoms with van der Waals surface area (Å²) in [5, 5.41) is 11.3. The van der Waals surface area contributed by atoms with Crippen LogP contribution >= 0.6 is 0 Å². The molecule has 0 aliphatic carbocycles. The standard InChI is InChI=1S/C10H19NO5/c1-4-10(2,9(13)14)11-8(12)7-16-6-5-15-3/h4-7H2,1-3H3,(H,11,12)(H,13,14). The Morgan fingerprint density at radius 1 is 1.38 bits per heavy atom. The summed E-state index contributed by atoms with van der Waals surface area (Å²) in [7, 11) is 1.53. The van der Waals surface area contributed by atoms with Gasteiger partial charge in [0.2, 0.25) is 5.91 Å². The predicted octanol–water partition coefficient (Wildman–Crippen LogP) is 0.0189. The summed E-state index contributed by atoms with van der Waals surface area (Å²) in [6.07, 6.45) is 0.312. The minimum absolute atomic E-state index is 0.160. The van der Waals surface area contributed by atoms with Crippen molar-refractivity contribution >= 4 is 11.9 Å². The highest BCUT2D eigenvalue weighted by atomic mass is 16.5. The molecule has 0 radical (unpaired) electrons. The van der Waals surface area contributed by atoms with Crippen molar-refractivity contribution in [2.75, 3.05) is 26.9 Å². The van der Waals surface area contributed by atoms with Gasteiger partial charge in [-0.15, -0.1) is 0 Å². The van der Waals surface area contributed by atoms with Crippen molar-refractivity contribution in [1.29, 1.82) is 0 Å². The molecule has 0 aliphatic rings. The van der Waals surface area contributed by atoms with Gasteiger partial charge in [-0.25, -0.2) is 4.79 Å². The number of nitrogens with one attached hydrogen (secondary N) is 1. The van der Waals surface area contributed by atoms with Crippen molar-refractivity contribution in [2.45, 2.75) is 25.8 Å². The molecule has 1 unspecified atom stereocenters. The Morgan fingerprint density at radius 2 is 2.00 bits per heavy atom. The van der Waals surface area contributed by atoms with Crippen LogP contribution in [0.1, 0.15) is 20.3 Å². The van der Waals surface area contributed by atoms with E-state index in [-0.39, 0.29) is 6.61 Å². The highest BCUT2D eigenvalue weighted by Gasteiger charge is 2.32. The highest BCUT2D eigenvalue weighted by molar-refractivity contribution is 5.87. The highest BCUT2D eigenvalue weighted by Crippen LogP contribution is 2.08. The van der Waals surface area contributed by atoms with Gasteiger partial charge in [-0.3, -0.25) is 4.79 Å². The van der Waals surface area contributed by atoms with Crippen LogP contribution in [0.3, 0.4) is 0 Å². The molecule has 0 saturated carbocycles. The van der Waals surface area contributed by atoms with Gasteiger partial charge in [0, 0.05) is 7.11 Å². The van der Waals surface area contributed by atoms with Crippen LogP contribution in [0.25, 0.3) is 0 Å². The number of ether oxygens (including phenoxy) is 2. The first-order valence-corrected chi connectivity index (χ1v) is 5.07. The Morgan fingerprint density at radius 3 is 2.44 bits per heavy atom. The average Bonchev–Trinajstić information content (AvgIpc) is 2.24. The Hall–Kier alpha value is -1.14. The number of carbonyl (C=O) groups is 2. The van der Waals surface area contributed by atoms with Crippen molar-refractivity contribution in [2.24, 2.45) is 0 Å². The maximum absolute atomic E-state index is 11.3. The largest absolute Gasteiger partial charge is 0.480 e. The number of hydrogen-bond acceptors (Lipinski definition) is 4. The number of carboxylic acids is 1. The van der Waals surface area contributed by atoms with Crippen molar-refractivity contribution in [3.63, 3.8) is 0 Å². The molecule has 1 amide bonds. The molecule has 0 aromatic rings. The van der Waals surface area contributed by atoms with Gasteiger partial charge >= 0.3 is 5.97 Å². The van der Waals surface area contributed by atoms with E-state index in [1.807, 2.05) is 0 Å². The summed E-state index contributed by atoms with van der Waals surface area (Å²) < 4.78 is 9.71. The Balaban J connectivity index is 3.98. The van der Waals surface area contributed by atoms with E-state index >= 15 is 0 Å². The third-order valence-electron chi connectivity index (χ3n) is 2.26. The van der Waals surface area contributed by atoms with Crippen LogP contribution in [0.4, 0.5) is 0 Å². The zero-order valence-electron chi connectivity index (χ0n) is 9.91. The van der Waals surface area contributed by atoms with Crippen LogP contribution in [0.2, 0.25) is 0 Å². The van der Waals surface area contributed by atoms with E-state index in [1.165, 1.54) is 14.0 Å². The summed E-state index contributed by atoms with van der Waals surface area (Å²) >= 11 is 0. The molecular weight excluding hydrogens is 214 g/mol. The molecule has 1 atom stereocenters. The molecule has 16 heavy (non-hydrogen) atoms. The monoisotopic (exact) mass is 233 g/mol. The van der Waals surface area contributed by atoms with Crippen molar-refractivity contribution in [1.82, 2.24) is 5.32 Å². The molecule has 0 aromatic heterocycles. The number of carbonyl (C=O) groups excluding carboxylic acids is 1. The Kier molecular flexibility index (Phi) is 6.67. The molecule has 0 spiro atoms. The molecule has 2 N–H and O–H groups in total. The van der Waals surface area contributed by atoms with E-state index in [9.17, 15) is 9.59 Å². The normalized spacial score (nSPS) is 14.2. The molecule has 0 aromatic carbocycles. The average molecular weight is 233 g/mol. The van der Waals surface area contributed by atoms with Crippen molar-refractivity contribution < 1.29 is 24.2 Å². The van der Waals surface area contributed by atoms with E-state index in [2.05, 4.69) is 5.32 Å². The first-order valence-electron chi connectivity index (χ1n) is 5.07. The van der Waals surface area contributed by atoms with Crippen molar-refractivity contribution in [3.8, 4) is 0 Å². The second-order valence-electron chi connectivity index (χ2n) is 3.58. The number of methoxy groups -OCH3 is 1. The van der Waals surface area contributed by atoms with Gasteiger partial charge in [-0.05, 0) is 13.3 Å². The van der Waals surface area contributed by atoms with Crippen LogP contribution in [0.15, 0.2) is 0 Å². The molecule has 0 heterocycles. The maximum atomic E-state index is 11.3. The Labute approximate surface area is 94.9 Å². The predicted molar refractivity (Wildman–Crippen MR) is 57.2 cm³/mol. The molecule has 6 nitrogen and oxygen atoms in total. The minimum Gasteiger partial charge on any atom is -0.480 e. The van der Waals surface area contributed by atoms with Gasteiger partial charge in [0.1, 0.15) is 12.1 Å². The van der Waals surface area contributed by atoms with Crippen molar-refractivity contribution in [3.05, 3.63) is 0 Å². The summed E-state index contributed by atoms with van der Waals surface area (Å²) in [4.78, 5) is 22.2. The zero-order valence-corrected chi connectivity index (χ0v) is 9.91. The van der Waals surface area contributed by atoms with Gasteiger partial charge in [0.15, 0.2) is 0 Å². The van der Waals surface area contributed by atoms with Gasteiger partial charge in [0.05, 0.1) is 13.2 Å². The second-order valence-corrected chi connectivity index (χ2v) is 3.58. The molecule has 6 heteroatoms. The molecule has 0 fully saturated rings. The maximum Gasteiger partial charge on any atom is 0.329 e. The number of aliphatic carboxylic acids is 1. The second kappa shape index (κ2) is 7.19. The lowest BCUT2D eigenvalue weighted by molar-refractivity contribution is -0.147. The third-order valence-corrected chi connectivity index (χ3v) is 2.26. The smallest absolute Gasteiger partial charge is 0.329 e. The van der Waals surface area contributed by atoms with E-state index in [4.69, 9.17) is 14.6 Å². The molecule has 0 aliphatic heterocycles. The van der Waals surface area contributed by atoms with Crippen LogP contribution in [-0.4, -0.2) is 49.5 Å². The first kappa shape index (κ1) is 14.9. The number of rotatable bonds is 8. The summed E-state index contributed by atoms with van der Waals surface area (Å²) in [5.41, 5.74) is -1.23. The van der Waals surface area contributed by atoms with E-state index < -0.39 is 17.4 Å². The molecule has 0 saturated heterocycles. The molecule has 0 rings (SSSR count). The van der Waals surface area contributed by atoms with Crippen LogP contribution in [0, 0.1) is 0 Å². The minimum atomic E-state index is -1.23. The number of amides is 1. The summed E-state index contributed by atoms with van der Waals surface area (Å²) in [6, 6.07) is 0. The molecular formula is C10H19NO5. The summed E-state index contributed by atoms with van der Waals surface area (Å²) in [5.74, 6) is -1.50. The topological polar surface area (TPSA) is 84.9 Å². The van der Waals surface area contributed by atoms with Gasteiger partial charge in [-0.1, -0.05) is 6.92 Å². The molecule has 94 valence electrons. The first-order chi connectivity index (χ1) is 7.46. The number of hydrogen-bond donors (Lipinski definition) is 2. The van der Waals surface area contributed by atoms with E-state index in [1.54, 1.807) is 6.92 Å². The molecule has 0 bridgehead atoms. The quantitative estimate of drug-likeness (QED) is 0.577. The van der Waals surface area contributed by atoms with Crippen LogP contribution < -0.4 is 5.32 Å². The van der Waals surface area contributed by atoms with E-state index in [0.29, 0.717) is 19.6 Å². The fourth-order valence-corrected chi connectivity index (χ4v) is 0.944. The lowest BCUT2D eigenvalue weighted by Crippen LogP contribution is -2.52. The fourth-order valence-electron chi connectivity index (χ4n) is 0.944. The van der Waals surface area contributed by atoms with Gasteiger partial charge in [-0.2, -0.15) is 0 Å².